The molecule has 1 aromatic rings. The Bertz CT molecular complexity index is 466. The van der Waals surface area contributed by atoms with Crippen LogP contribution in [0.2, 0.25) is 0 Å². The summed E-state index contributed by atoms with van der Waals surface area (Å²) < 4.78 is 17.6. The second kappa shape index (κ2) is 6.82. The van der Waals surface area contributed by atoms with E-state index in [-0.39, 0.29) is 12.5 Å². The first-order chi connectivity index (χ1) is 9.15. The Morgan fingerprint density at radius 1 is 1.37 bits per heavy atom. The monoisotopic (exact) mass is 282 g/mol. The van der Waals surface area contributed by atoms with Crippen molar-refractivity contribution in [3.05, 3.63) is 35.4 Å². The van der Waals surface area contributed by atoms with E-state index in [2.05, 4.69) is 0 Å². The molecule has 1 aliphatic rings. The molecule has 5 heteroatoms. The molecule has 0 aliphatic carbocycles. The minimum absolute atomic E-state index is 0.0205. The third kappa shape index (κ3) is 4.44. The van der Waals surface area contributed by atoms with Gasteiger partial charge in [0.25, 0.3) is 0 Å². The lowest BCUT2D eigenvalue weighted by Crippen LogP contribution is -2.17. The van der Waals surface area contributed by atoms with Crippen molar-refractivity contribution in [3.63, 3.8) is 0 Å². The third-order valence-electron chi connectivity index (χ3n) is 3.17. The molecule has 0 amide bonds. The lowest BCUT2D eigenvalue weighted by molar-refractivity contribution is -0.136. The molecule has 2 rings (SSSR count). The normalized spacial score (nSPS) is 20.3. The van der Waals surface area contributed by atoms with Crippen LogP contribution in [0.15, 0.2) is 24.3 Å². The Balaban J connectivity index is 1.97. The number of ether oxygens (including phenoxy) is 1. The van der Waals surface area contributed by atoms with E-state index < -0.39 is 16.8 Å². The van der Waals surface area contributed by atoms with E-state index in [0.717, 1.165) is 30.6 Å². The van der Waals surface area contributed by atoms with Gasteiger partial charge >= 0.3 is 5.97 Å². The van der Waals surface area contributed by atoms with E-state index in [1.54, 1.807) is 6.07 Å². The van der Waals surface area contributed by atoms with Gasteiger partial charge in [0.1, 0.15) is 0 Å². The van der Waals surface area contributed by atoms with Crippen LogP contribution in [-0.2, 0) is 32.5 Å². The molecule has 2 unspecified atom stereocenters. The van der Waals surface area contributed by atoms with Crippen molar-refractivity contribution in [2.45, 2.75) is 31.1 Å². The molecule has 2 atom stereocenters. The molecule has 1 N–H and O–H groups in total. The second-order valence-electron chi connectivity index (χ2n) is 4.73. The quantitative estimate of drug-likeness (QED) is 0.863. The number of aliphatic carboxylic acids is 1. The van der Waals surface area contributed by atoms with Crippen LogP contribution >= 0.6 is 0 Å². The summed E-state index contributed by atoms with van der Waals surface area (Å²) in [5.41, 5.74) is 1.61. The summed E-state index contributed by atoms with van der Waals surface area (Å²) in [4.78, 5) is 10.8. The molecule has 0 bridgehead atoms. The topological polar surface area (TPSA) is 63.6 Å². The van der Waals surface area contributed by atoms with E-state index >= 15 is 0 Å². The number of hydrogen-bond donors (Lipinski definition) is 1. The van der Waals surface area contributed by atoms with Crippen molar-refractivity contribution in [1.82, 2.24) is 0 Å². The van der Waals surface area contributed by atoms with Crippen molar-refractivity contribution >= 4 is 16.8 Å². The first kappa shape index (κ1) is 14.2. The second-order valence-corrected chi connectivity index (χ2v) is 6.23. The fourth-order valence-electron chi connectivity index (χ4n) is 2.25. The molecule has 104 valence electrons. The average molecular weight is 282 g/mol. The predicted octanol–water partition coefficient (Wildman–Crippen LogP) is 1.74. The van der Waals surface area contributed by atoms with Crippen LogP contribution in [-0.4, -0.2) is 33.7 Å². The Morgan fingerprint density at radius 2 is 2.11 bits per heavy atom. The van der Waals surface area contributed by atoms with Crippen LogP contribution in [0.4, 0.5) is 0 Å². The van der Waals surface area contributed by atoms with Gasteiger partial charge in [-0.2, -0.15) is 0 Å². The van der Waals surface area contributed by atoms with Gasteiger partial charge in [-0.25, -0.2) is 0 Å². The maximum absolute atomic E-state index is 12.1. The molecule has 1 fully saturated rings. The molecule has 0 saturated carbocycles. The fourth-order valence-corrected chi connectivity index (χ4v) is 3.67. The van der Waals surface area contributed by atoms with Crippen LogP contribution in [0.25, 0.3) is 0 Å². The summed E-state index contributed by atoms with van der Waals surface area (Å²) in [6.45, 7) is 0.761. The highest BCUT2D eigenvalue weighted by molar-refractivity contribution is 7.84. The first-order valence-corrected chi connectivity index (χ1v) is 7.89. The van der Waals surface area contributed by atoms with Gasteiger partial charge in [0.15, 0.2) is 0 Å². The zero-order valence-corrected chi connectivity index (χ0v) is 11.5. The largest absolute Gasteiger partial charge is 0.481 e. The summed E-state index contributed by atoms with van der Waals surface area (Å²) in [6.07, 6.45) is 2.10. The number of carboxylic acid groups (broad SMARTS) is 1. The Labute approximate surface area is 115 Å². The molecule has 0 radical (unpaired) electrons. The molecule has 0 spiro atoms. The van der Waals surface area contributed by atoms with Crippen molar-refractivity contribution in [2.75, 3.05) is 12.4 Å². The summed E-state index contributed by atoms with van der Waals surface area (Å²) in [5.74, 6) is 0.0856. The molecule has 4 nitrogen and oxygen atoms in total. The lowest BCUT2D eigenvalue weighted by atomic mass is 10.1. The molecule has 19 heavy (non-hydrogen) atoms. The van der Waals surface area contributed by atoms with Gasteiger partial charge in [-0.05, 0) is 24.0 Å². The molecule has 1 aromatic carbocycles. The van der Waals surface area contributed by atoms with Gasteiger partial charge in [0.2, 0.25) is 0 Å². The maximum atomic E-state index is 12.1. The highest BCUT2D eigenvalue weighted by Gasteiger charge is 2.19. The van der Waals surface area contributed by atoms with E-state index in [0.29, 0.717) is 11.5 Å². The van der Waals surface area contributed by atoms with E-state index in [1.807, 2.05) is 18.2 Å². The summed E-state index contributed by atoms with van der Waals surface area (Å²) in [6, 6.07) is 7.30. The standard InChI is InChI=1S/C14H18O4S/c15-14(16)8-11-4-1-2-5-12(11)9-19(17)10-13-6-3-7-18-13/h1-2,4-5,13H,3,6-10H2,(H,15,16). The third-order valence-corrected chi connectivity index (χ3v) is 4.55. The predicted molar refractivity (Wildman–Crippen MR) is 73.5 cm³/mol. The van der Waals surface area contributed by atoms with Crippen molar-refractivity contribution in [2.24, 2.45) is 0 Å². The number of carboxylic acids is 1. The van der Waals surface area contributed by atoms with Crippen LogP contribution < -0.4 is 0 Å². The first-order valence-electron chi connectivity index (χ1n) is 6.40. The molecule has 0 aromatic heterocycles. The van der Waals surface area contributed by atoms with Crippen molar-refractivity contribution in [1.29, 1.82) is 0 Å². The van der Waals surface area contributed by atoms with Crippen molar-refractivity contribution < 1.29 is 18.8 Å². The smallest absolute Gasteiger partial charge is 0.307 e. The Morgan fingerprint density at radius 3 is 2.74 bits per heavy atom. The molecule has 1 saturated heterocycles. The van der Waals surface area contributed by atoms with E-state index in [1.165, 1.54) is 0 Å². The highest BCUT2D eigenvalue weighted by Crippen LogP contribution is 2.16. The zero-order valence-electron chi connectivity index (χ0n) is 10.7. The average Bonchev–Trinajstić information content (AvgIpc) is 2.83. The zero-order chi connectivity index (χ0) is 13.7. The minimum Gasteiger partial charge on any atom is -0.481 e. The number of rotatable bonds is 6. The highest BCUT2D eigenvalue weighted by atomic mass is 32.2. The number of benzene rings is 1. The summed E-state index contributed by atoms with van der Waals surface area (Å²) in [7, 11) is -1.00. The van der Waals surface area contributed by atoms with Gasteiger partial charge in [0, 0.05) is 23.2 Å². The summed E-state index contributed by atoms with van der Waals surface area (Å²) >= 11 is 0. The van der Waals surface area contributed by atoms with Gasteiger partial charge < -0.3 is 9.84 Å². The van der Waals surface area contributed by atoms with Gasteiger partial charge in [-0.3, -0.25) is 9.00 Å². The van der Waals surface area contributed by atoms with Gasteiger partial charge in [-0.1, -0.05) is 24.3 Å². The number of carbonyl (C=O) groups is 1. The minimum atomic E-state index is -1.00. The Hall–Kier alpha value is -1.20. The molecular formula is C14H18O4S. The Kier molecular flexibility index (Phi) is 5.10. The fraction of sp³-hybridized carbons (Fsp3) is 0.500. The van der Waals surface area contributed by atoms with E-state index in [9.17, 15) is 9.00 Å². The van der Waals surface area contributed by atoms with E-state index in [4.69, 9.17) is 9.84 Å². The summed E-state index contributed by atoms with van der Waals surface area (Å²) in [5, 5.41) is 8.86. The number of hydrogen-bond acceptors (Lipinski definition) is 3. The molecular weight excluding hydrogens is 264 g/mol. The molecule has 1 aliphatic heterocycles. The van der Waals surface area contributed by atoms with Gasteiger partial charge in [0.05, 0.1) is 18.3 Å². The SMILES string of the molecule is O=C(O)Cc1ccccc1CS(=O)CC1CCCO1. The maximum Gasteiger partial charge on any atom is 0.307 e. The lowest BCUT2D eigenvalue weighted by Gasteiger charge is -2.11. The van der Waals surface area contributed by atoms with Crippen LogP contribution in [0.5, 0.6) is 0 Å². The van der Waals surface area contributed by atoms with Crippen LogP contribution in [0.1, 0.15) is 24.0 Å². The van der Waals surface area contributed by atoms with Crippen LogP contribution in [0.3, 0.4) is 0 Å². The molecule has 1 heterocycles. The van der Waals surface area contributed by atoms with Crippen molar-refractivity contribution in [3.8, 4) is 0 Å². The van der Waals surface area contributed by atoms with Crippen LogP contribution in [0, 0.1) is 0 Å². The van der Waals surface area contributed by atoms with Gasteiger partial charge in [-0.15, -0.1) is 0 Å².